The van der Waals surface area contributed by atoms with E-state index in [2.05, 4.69) is 25.5 Å². The predicted molar refractivity (Wildman–Crippen MR) is 150 cm³/mol. The van der Waals surface area contributed by atoms with Gasteiger partial charge in [0.2, 0.25) is 0 Å². The lowest BCUT2D eigenvalue weighted by atomic mass is 9.99. The monoisotopic (exact) mass is 554 g/mol. The summed E-state index contributed by atoms with van der Waals surface area (Å²) in [5.74, 6) is 0.714. The zero-order chi connectivity index (χ0) is 27.1. The summed E-state index contributed by atoms with van der Waals surface area (Å²) in [6, 6.07) is 8.65. The van der Waals surface area contributed by atoms with E-state index in [-0.39, 0.29) is 4.21 Å². The number of aliphatic hydroxyl groups is 1. The van der Waals surface area contributed by atoms with Crippen LogP contribution in [0.2, 0.25) is 0 Å². The Hall–Kier alpha value is -2.79. The number of amides is 2. The molecule has 0 bridgehead atoms. The van der Waals surface area contributed by atoms with Gasteiger partial charge in [-0.05, 0) is 99.2 Å². The van der Waals surface area contributed by atoms with Crippen LogP contribution in [0.15, 0.2) is 45.1 Å². The number of hydrogen-bond acceptors (Lipinski definition) is 6. The molecule has 1 heterocycles. The van der Waals surface area contributed by atoms with Crippen molar-refractivity contribution in [2.24, 2.45) is 4.36 Å². The molecule has 2 aliphatic rings. The number of rotatable bonds is 7. The minimum absolute atomic E-state index is 0.286. The quantitative estimate of drug-likeness (QED) is 0.348. The summed E-state index contributed by atoms with van der Waals surface area (Å²) >= 11 is 1.09. The topological polar surface area (TPSA) is 113 Å². The number of fused-ring (bicyclic) bond motifs is 2. The van der Waals surface area contributed by atoms with Gasteiger partial charge in [-0.2, -0.15) is 0 Å². The minimum Gasteiger partial charge on any atom is -0.497 e. The van der Waals surface area contributed by atoms with Crippen LogP contribution in [0.25, 0.3) is 0 Å². The van der Waals surface area contributed by atoms with Gasteiger partial charge in [0, 0.05) is 11.7 Å². The molecule has 0 radical (unpaired) electrons. The Kier molecular flexibility index (Phi) is 7.34. The van der Waals surface area contributed by atoms with E-state index >= 15 is 0 Å². The number of methoxy groups -OCH3 is 1. The van der Waals surface area contributed by atoms with Crippen LogP contribution in [0.3, 0.4) is 0 Å². The van der Waals surface area contributed by atoms with E-state index in [4.69, 9.17) is 4.74 Å². The largest absolute Gasteiger partial charge is 0.497 e. The zero-order valence-electron chi connectivity index (χ0n) is 22.2. The third-order valence-corrected chi connectivity index (χ3v) is 10.9. The van der Waals surface area contributed by atoms with Crippen LogP contribution in [-0.4, -0.2) is 27.4 Å². The fraction of sp³-hybridized carbons (Fsp3) is 0.429. The number of benzene rings is 2. The molecule has 10 heteroatoms. The first-order chi connectivity index (χ1) is 18.1. The molecular weight excluding hydrogens is 520 g/mol. The first kappa shape index (κ1) is 26.8. The molecule has 5 rings (SSSR count). The molecule has 38 heavy (non-hydrogen) atoms. The molecule has 3 aromatic rings. The number of aryl methyl sites for hydroxylation is 2. The average molecular weight is 555 g/mol. The number of urea groups is 1. The van der Waals surface area contributed by atoms with Crippen molar-refractivity contribution in [3.8, 4) is 5.75 Å². The van der Waals surface area contributed by atoms with Gasteiger partial charge in [-0.3, -0.25) is 0 Å². The van der Waals surface area contributed by atoms with Gasteiger partial charge in [0.25, 0.3) is 0 Å². The van der Waals surface area contributed by atoms with Crippen LogP contribution in [0, 0.1) is 0 Å². The molecule has 0 fully saturated rings. The lowest BCUT2D eigenvalue weighted by molar-refractivity contribution is 0.0783. The van der Waals surface area contributed by atoms with E-state index in [0.717, 1.165) is 61.1 Å². The lowest BCUT2D eigenvalue weighted by Crippen LogP contribution is -2.28. The van der Waals surface area contributed by atoms with Crippen LogP contribution in [-0.2, 0) is 41.2 Å². The van der Waals surface area contributed by atoms with Gasteiger partial charge in [0.1, 0.15) is 20.6 Å². The van der Waals surface area contributed by atoms with Crippen LogP contribution in [0.4, 0.5) is 10.5 Å². The highest BCUT2D eigenvalue weighted by molar-refractivity contribution is 7.94. The Morgan fingerprint density at radius 3 is 2.32 bits per heavy atom. The van der Waals surface area contributed by atoms with E-state index in [9.17, 15) is 14.1 Å². The van der Waals surface area contributed by atoms with E-state index in [1.165, 1.54) is 28.5 Å². The molecule has 3 N–H and O–H groups in total. The highest BCUT2D eigenvalue weighted by atomic mass is 32.2. The molecule has 2 amide bonds. The average Bonchev–Trinajstić information content (AvgIpc) is 3.64. The molecule has 1 unspecified atom stereocenters. The third kappa shape index (κ3) is 5.36. The summed E-state index contributed by atoms with van der Waals surface area (Å²) in [6.45, 7) is 5.10. The van der Waals surface area contributed by atoms with Crippen LogP contribution in [0.5, 0.6) is 5.75 Å². The summed E-state index contributed by atoms with van der Waals surface area (Å²) in [5, 5.41) is 13.9. The lowest BCUT2D eigenvalue weighted by Gasteiger charge is -2.18. The van der Waals surface area contributed by atoms with Crippen molar-refractivity contribution in [2.75, 3.05) is 12.4 Å². The van der Waals surface area contributed by atoms with E-state index in [0.29, 0.717) is 10.8 Å². The first-order valence-corrected chi connectivity index (χ1v) is 15.2. The minimum atomic E-state index is -3.44. The summed E-state index contributed by atoms with van der Waals surface area (Å²) < 4.78 is 27.3. The van der Waals surface area contributed by atoms with Gasteiger partial charge < -0.3 is 15.2 Å². The highest BCUT2D eigenvalue weighted by Crippen LogP contribution is 2.39. The van der Waals surface area contributed by atoms with Gasteiger partial charge in [-0.25, -0.2) is 18.7 Å². The van der Waals surface area contributed by atoms with Gasteiger partial charge in [-0.15, -0.1) is 15.7 Å². The molecule has 0 aliphatic heterocycles. The number of nitrogens with zero attached hydrogens (tertiary/aromatic N) is 2. The van der Waals surface area contributed by atoms with Crippen molar-refractivity contribution in [1.29, 1.82) is 0 Å². The maximum atomic E-state index is 14.4. The Balaban J connectivity index is 1.51. The Morgan fingerprint density at radius 1 is 1.13 bits per heavy atom. The van der Waals surface area contributed by atoms with Crippen molar-refractivity contribution in [3.63, 3.8) is 0 Å². The van der Waals surface area contributed by atoms with E-state index in [1.807, 2.05) is 31.2 Å². The third-order valence-electron chi connectivity index (χ3n) is 7.15. The molecule has 2 atom stereocenters. The van der Waals surface area contributed by atoms with Crippen molar-refractivity contribution in [3.05, 3.63) is 69.4 Å². The van der Waals surface area contributed by atoms with Gasteiger partial charge in [-0.1, -0.05) is 18.2 Å². The SMILES string of the molecule is COc1ccc([C@@H](C)NS(=O)(=NC(=O)Nc2c3c(cc4c2CCC4)CCC3)c2cnc(C(C)(C)O)s2)cc1. The fourth-order valence-electron chi connectivity index (χ4n) is 5.21. The summed E-state index contributed by atoms with van der Waals surface area (Å²) in [6.07, 6.45) is 7.44. The van der Waals surface area contributed by atoms with Gasteiger partial charge in [0.15, 0.2) is 9.92 Å². The Morgan fingerprint density at radius 2 is 1.76 bits per heavy atom. The van der Waals surface area contributed by atoms with Crippen molar-refractivity contribution < 1.29 is 18.8 Å². The number of aromatic nitrogens is 1. The van der Waals surface area contributed by atoms with E-state index in [1.54, 1.807) is 21.0 Å². The smallest absolute Gasteiger partial charge is 0.354 e. The second kappa shape index (κ2) is 10.4. The number of thiazole rings is 1. The number of ether oxygens (including phenoxy) is 1. The first-order valence-electron chi connectivity index (χ1n) is 12.9. The molecule has 2 aliphatic carbocycles. The normalized spacial score (nSPS) is 16.9. The maximum absolute atomic E-state index is 14.4. The van der Waals surface area contributed by atoms with Crippen LogP contribution >= 0.6 is 11.3 Å². The number of carbonyl (C=O) groups is 1. The standard InChI is InChI=1S/C28H34N4O4S2/c1-17(18-11-13-21(36-4)14-12-18)31-38(35,24-16-29-26(37-24)28(2,3)34)32-27(33)30-25-22-9-5-7-19(22)15-20-8-6-10-23(20)25/h11-17,34H,5-10H2,1-4H3,(H2,30,31,32,33,35)/t17-,38?/m1/s1. The summed E-state index contributed by atoms with van der Waals surface area (Å²) in [7, 11) is -1.84. The van der Waals surface area contributed by atoms with E-state index < -0.39 is 27.6 Å². The molecule has 1 aromatic heterocycles. The van der Waals surface area contributed by atoms with Crippen molar-refractivity contribution in [2.45, 2.75) is 75.1 Å². The second-order valence-corrected chi connectivity index (χ2v) is 13.6. The number of anilines is 1. The van der Waals surface area contributed by atoms with Crippen LogP contribution < -0.4 is 14.8 Å². The molecule has 2 aromatic carbocycles. The Bertz CT molecular complexity index is 1450. The van der Waals surface area contributed by atoms with Crippen LogP contribution in [0.1, 0.15) is 72.5 Å². The summed E-state index contributed by atoms with van der Waals surface area (Å²) in [5.41, 5.74) is 5.46. The van der Waals surface area contributed by atoms with Gasteiger partial charge in [0.05, 0.1) is 13.3 Å². The number of carbonyl (C=O) groups excluding carboxylic acids is 1. The predicted octanol–water partition coefficient (Wildman–Crippen LogP) is 5.68. The molecule has 8 nitrogen and oxygen atoms in total. The van der Waals surface area contributed by atoms with Crippen molar-refractivity contribution in [1.82, 2.24) is 9.71 Å². The number of nitrogens with one attached hydrogen (secondary N) is 2. The second-order valence-electron chi connectivity index (χ2n) is 10.4. The van der Waals surface area contributed by atoms with Gasteiger partial charge >= 0.3 is 6.03 Å². The zero-order valence-corrected chi connectivity index (χ0v) is 23.8. The number of hydrogen-bond donors (Lipinski definition) is 3. The summed E-state index contributed by atoms with van der Waals surface area (Å²) in [4.78, 5) is 17.7. The highest BCUT2D eigenvalue weighted by Gasteiger charge is 2.28. The van der Waals surface area contributed by atoms with Crippen molar-refractivity contribution >= 4 is 33.0 Å². The fourth-order valence-corrected chi connectivity index (χ4v) is 8.16. The molecular formula is C28H34N4O4S2. The molecule has 0 spiro atoms. The molecule has 202 valence electrons. The Labute approximate surface area is 228 Å². The molecule has 0 saturated heterocycles. The molecule has 0 saturated carbocycles. The maximum Gasteiger partial charge on any atom is 0.354 e.